The smallest absolute Gasteiger partial charge is 0.283 e. The van der Waals surface area contributed by atoms with Gasteiger partial charge in [0.1, 0.15) is 17.4 Å². The second kappa shape index (κ2) is 7.56. The summed E-state index contributed by atoms with van der Waals surface area (Å²) in [4.78, 5) is 33.2. The summed E-state index contributed by atoms with van der Waals surface area (Å²) in [6, 6.07) is 8.41. The fourth-order valence-electron chi connectivity index (χ4n) is 2.95. The molecule has 2 aliphatic rings. The standard InChI is InChI=1S/C19H13N7O3S2/c1-10-24-25-15(27)7-12(22-19(25)31-10)8-29-13-4-2-11(3-5-13)6-14-16(20)26-18(23-17(14)28)30-9-21-26/h2-7,9,20H,8H2,1H3/b14-6-,20-16?. The predicted octanol–water partition coefficient (Wildman–Crippen LogP) is 2.29. The lowest BCUT2D eigenvalue weighted by Gasteiger charge is -2.20. The maximum atomic E-state index is 12.2. The number of hydrogen-bond donors (Lipinski definition) is 1. The zero-order valence-corrected chi connectivity index (χ0v) is 17.6. The third-order valence-corrected chi connectivity index (χ3v) is 5.87. The van der Waals surface area contributed by atoms with E-state index in [9.17, 15) is 9.59 Å². The van der Waals surface area contributed by atoms with Crippen molar-refractivity contribution in [2.75, 3.05) is 0 Å². The molecule has 31 heavy (non-hydrogen) atoms. The van der Waals surface area contributed by atoms with Gasteiger partial charge in [-0.25, -0.2) is 4.98 Å². The molecule has 0 spiro atoms. The maximum absolute atomic E-state index is 12.2. The molecule has 1 aromatic carbocycles. The molecule has 154 valence electrons. The number of hydrazone groups is 1. The third-order valence-electron chi connectivity index (χ3n) is 4.37. The molecule has 0 aliphatic carbocycles. The number of ether oxygens (including phenoxy) is 1. The van der Waals surface area contributed by atoms with Crippen LogP contribution in [0.25, 0.3) is 11.0 Å². The highest BCUT2D eigenvalue weighted by Crippen LogP contribution is 2.25. The molecule has 0 unspecified atom stereocenters. The molecule has 0 saturated carbocycles. The lowest BCUT2D eigenvalue weighted by atomic mass is 10.1. The van der Waals surface area contributed by atoms with E-state index in [1.54, 1.807) is 30.3 Å². The van der Waals surface area contributed by atoms with Gasteiger partial charge in [-0.15, -0.1) is 0 Å². The Labute approximate surface area is 183 Å². The van der Waals surface area contributed by atoms with Crippen molar-refractivity contribution in [3.63, 3.8) is 0 Å². The fraction of sp³-hybridized carbons (Fsp3) is 0.105. The number of amides is 1. The normalized spacial score (nSPS) is 16.9. The first-order valence-electron chi connectivity index (χ1n) is 9.00. The van der Waals surface area contributed by atoms with Crippen LogP contribution in [-0.4, -0.2) is 42.1 Å². The number of hydrogen-bond acceptors (Lipinski definition) is 9. The summed E-state index contributed by atoms with van der Waals surface area (Å²) in [5.41, 5.74) is 2.68. The van der Waals surface area contributed by atoms with E-state index in [2.05, 4.69) is 20.2 Å². The van der Waals surface area contributed by atoms with Crippen molar-refractivity contribution < 1.29 is 9.53 Å². The molecule has 2 aromatic heterocycles. The summed E-state index contributed by atoms with van der Waals surface area (Å²) < 4.78 is 7.01. The van der Waals surface area contributed by atoms with Crippen LogP contribution < -0.4 is 10.3 Å². The van der Waals surface area contributed by atoms with Gasteiger partial charge in [-0.1, -0.05) is 23.5 Å². The second-order valence-electron chi connectivity index (χ2n) is 6.52. The lowest BCUT2D eigenvalue weighted by molar-refractivity contribution is -0.114. The van der Waals surface area contributed by atoms with Crippen molar-refractivity contribution in [1.29, 1.82) is 5.41 Å². The minimum absolute atomic E-state index is 0.0115. The molecular weight excluding hydrogens is 438 g/mol. The quantitative estimate of drug-likeness (QED) is 0.603. The number of carbonyl (C=O) groups is 1. The van der Waals surface area contributed by atoms with Crippen molar-refractivity contribution in [1.82, 2.24) is 19.6 Å². The molecule has 0 radical (unpaired) electrons. The summed E-state index contributed by atoms with van der Waals surface area (Å²) in [6.07, 6.45) is 1.59. The Morgan fingerprint density at radius 1 is 1.23 bits per heavy atom. The van der Waals surface area contributed by atoms with Gasteiger partial charge in [0.25, 0.3) is 11.5 Å². The zero-order valence-electron chi connectivity index (χ0n) is 16.0. The second-order valence-corrected chi connectivity index (χ2v) is 8.49. The number of aliphatic imine (C=N–C) groups is 1. The highest BCUT2D eigenvalue weighted by molar-refractivity contribution is 8.25. The Kier molecular flexibility index (Phi) is 4.71. The number of thioether (sulfide) groups is 1. The van der Waals surface area contributed by atoms with Gasteiger partial charge in [0.2, 0.25) is 4.96 Å². The van der Waals surface area contributed by atoms with Gasteiger partial charge in [-0.2, -0.15) is 24.7 Å². The SMILES string of the molecule is Cc1nn2c(=O)cc(COc3ccc(/C=C4/C(=N)N5N=CSC5=NC4=O)cc3)nc2s1. The van der Waals surface area contributed by atoms with E-state index in [1.165, 1.54) is 44.2 Å². The average Bonchev–Trinajstić information content (AvgIpc) is 3.36. The molecular formula is C19H13N7O3S2. The minimum Gasteiger partial charge on any atom is -0.487 e. The average molecular weight is 451 g/mol. The van der Waals surface area contributed by atoms with Crippen LogP contribution in [0.5, 0.6) is 5.75 Å². The Morgan fingerprint density at radius 3 is 2.84 bits per heavy atom. The predicted molar refractivity (Wildman–Crippen MR) is 119 cm³/mol. The first-order valence-corrected chi connectivity index (χ1v) is 10.7. The third kappa shape index (κ3) is 3.66. The number of carbonyl (C=O) groups excluding carboxylic acids is 1. The molecule has 10 nitrogen and oxygen atoms in total. The molecule has 0 atom stereocenters. The molecule has 0 bridgehead atoms. The van der Waals surface area contributed by atoms with E-state index in [0.717, 1.165) is 5.01 Å². The van der Waals surface area contributed by atoms with Crippen LogP contribution in [0.2, 0.25) is 0 Å². The van der Waals surface area contributed by atoms with Gasteiger partial charge in [-0.3, -0.25) is 15.0 Å². The highest BCUT2D eigenvalue weighted by atomic mass is 32.2. The molecule has 5 rings (SSSR count). The van der Waals surface area contributed by atoms with Crippen molar-refractivity contribution in [3.8, 4) is 5.75 Å². The van der Waals surface area contributed by atoms with E-state index >= 15 is 0 Å². The zero-order chi connectivity index (χ0) is 21.5. The van der Waals surface area contributed by atoms with E-state index in [0.29, 0.717) is 27.1 Å². The fourth-order valence-corrected chi connectivity index (χ4v) is 4.32. The molecule has 1 amide bonds. The van der Waals surface area contributed by atoms with Crippen LogP contribution in [-0.2, 0) is 11.4 Å². The van der Waals surface area contributed by atoms with Crippen LogP contribution in [0.1, 0.15) is 16.3 Å². The molecule has 0 saturated heterocycles. The van der Waals surface area contributed by atoms with Crippen LogP contribution >= 0.6 is 23.1 Å². The largest absolute Gasteiger partial charge is 0.487 e. The van der Waals surface area contributed by atoms with Gasteiger partial charge < -0.3 is 4.74 Å². The summed E-state index contributed by atoms with van der Waals surface area (Å²) in [5, 5.41) is 18.8. The van der Waals surface area contributed by atoms with E-state index < -0.39 is 5.91 Å². The number of amidine groups is 2. The highest BCUT2D eigenvalue weighted by Gasteiger charge is 2.32. The maximum Gasteiger partial charge on any atom is 0.283 e. The molecule has 0 fully saturated rings. The molecule has 4 heterocycles. The number of aromatic nitrogens is 3. The number of nitrogens with one attached hydrogen (secondary N) is 1. The summed E-state index contributed by atoms with van der Waals surface area (Å²) >= 11 is 2.54. The summed E-state index contributed by atoms with van der Waals surface area (Å²) in [5.74, 6) is 0.0961. The number of nitrogens with zero attached hydrogens (tertiary/aromatic N) is 6. The van der Waals surface area contributed by atoms with Gasteiger partial charge in [0, 0.05) is 6.07 Å². The van der Waals surface area contributed by atoms with Crippen molar-refractivity contribution in [2.24, 2.45) is 10.1 Å². The van der Waals surface area contributed by atoms with Crippen LogP contribution in [0, 0.1) is 12.3 Å². The Morgan fingerprint density at radius 2 is 2.03 bits per heavy atom. The van der Waals surface area contributed by atoms with E-state index in [1.807, 2.05) is 6.92 Å². The molecule has 1 N–H and O–H groups in total. The van der Waals surface area contributed by atoms with E-state index in [-0.39, 0.29) is 23.6 Å². The monoisotopic (exact) mass is 451 g/mol. The first kappa shape index (κ1) is 19.3. The summed E-state index contributed by atoms with van der Waals surface area (Å²) in [7, 11) is 0. The van der Waals surface area contributed by atoms with Gasteiger partial charge in [0.15, 0.2) is 11.0 Å². The Balaban J connectivity index is 1.31. The topological polar surface area (TPSA) is 125 Å². The summed E-state index contributed by atoms with van der Waals surface area (Å²) in [6.45, 7) is 1.95. The number of aryl methyl sites for hydroxylation is 1. The van der Waals surface area contributed by atoms with Gasteiger partial charge in [0.05, 0.1) is 16.8 Å². The Hall–Kier alpha value is -3.64. The molecule has 12 heteroatoms. The number of fused-ring (bicyclic) bond motifs is 2. The number of rotatable bonds is 4. The molecule has 3 aromatic rings. The van der Waals surface area contributed by atoms with Gasteiger partial charge >= 0.3 is 0 Å². The van der Waals surface area contributed by atoms with Crippen molar-refractivity contribution in [2.45, 2.75) is 13.5 Å². The van der Waals surface area contributed by atoms with E-state index in [4.69, 9.17) is 10.1 Å². The van der Waals surface area contributed by atoms with Crippen LogP contribution in [0.15, 0.2) is 50.8 Å². The van der Waals surface area contributed by atoms with Crippen LogP contribution in [0.4, 0.5) is 0 Å². The van der Waals surface area contributed by atoms with Gasteiger partial charge in [-0.05, 0) is 42.5 Å². The Bertz CT molecular complexity index is 1390. The minimum atomic E-state index is -0.472. The van der Waals surface area contributed by atoms with Crippen molar-refractivity contribution >= 4 is 56.6 Å². The first-order chi connectivity index (χ1) is 15.0. The molecule has 2 aliphatic heterocycles. The lowest BCUT2D eigenvalue weighted by Crippen LogP contribution is -2.35. The number of benzene rings is 1. The van der Waals surface area contributed by atoms with Crippen LogP contribution in [0.3, 0.4) is 0 Å². The van der Waals surface area contributed by atoms with Crippen molar-refractivity contribution in [3.05, 3.63) is 62.5 Å².